The summed E-state index contributed by atoms with van der Waals surface area (Å²) in [5, 5.41) is 0.629. The van der Waals surface area contributed by atoms with Crippen LogP contribution in [0.1, 0.15) is 0 Å². The highest BCUT2D eigenvalue weighted by Crippen LogP contribution is 2.24. The number of benzene rings is 2. The fourth-order valence-corrected chi connectivity index (χ4v) is 1.66. The number of hydrogen-bond acceptors (Lipinski definition) is 2. The summed E-state index contributed by atoms with van der Waals surface area (Å²) in [4.78, 5) is 0. The van der Waals surface area contributed by atoms with Gasteiger partial charge in [0.2, 0.25) is 0 Å². The Balaban J connectivity index is 2.14. The Kier molecular flexibility index (Phi) is 3.54. The molecule has 0 unspecified atom stereocenters. The first-order chi connectivity index (χ1) is 7.77. The van der Waals surface area contributed by atoms with Crippen molar-refractivity contribution in [3.63, 3.8) is 0 Å². The van der Waals surface area contributed by atoms with Crippen molar-refractivity contribution >= 4 is 34.8 Å². The van der Waals surface area contributed by atoms with Gasteiger partial charge in [0.05, 0.1) is 16.4 Å². The molecule has 2 nitrogen and oxygen atoms in total. The van der Waals surface area contributed by atoms with Gasteiger partial charge in [-0.05, 0) is 24.3 Å². The van der Waals surface area contributed by atoms with Gasteiger partial charge in [-0.3, -0.25) is 5.43 Å². The number of rotatable bonds is 3. The second-order valence-electron chi connectivity index (χ2n) is 3.21. The first-order valence-electron chi connectivity index (χ1n) is 4.79. The number of nitrogens with one attached hydrogen (secondary N) is 1. The SMILES string of the molecule is Clc1ccccc1NN(Cl)c1ccccc1. The molecule has 0 aliphatic heterocycles. The first kappa shape index (κ1) is 11.1. The highest BCUT2D eigenvalue weighted by Gasteiger charge is 2.04. The van der Waals surface area contributed by atoms with Crippen molar-refractivity contribution in [1.82, 2.24) is 0 Å². The van der Waals surface area contributed by atoms with Crippen molar-refractivity contribution in [1.29, 1.82) is 0 Å². The summed E-state index contributed by atoms with van der Waals surface area (Å²) in [7, 11) is 0. The highest BCUT2D eigenvalue weighted by molar-refractivity contribution is 6.33. The maximum Gasteiger partial charge on any atom is 0.0760 e. The van der Waals surface area contributed by atoms with Crippen LogP contribution in [0.4, 0.5) is 11.4 Å². The zero-order valence-corrected chi connectivity index (χ0v) is 9.91. The number of nitrogens with zero attached hydrogens (tertiary/aromatic N) is 1. The molecule has 0 bridgehead atoms. The maximum absolute atomic E-state index is 6.08. The molecule has 1 N–H and O–H groups in total. The molecule has 0 fully saturated rings. The first-order valence-corrected chi connectivity index (χ1v) is 5.51. The number of anilines is 2. The smallest absolute Gasteiger partial charge is 0.0760 e. The summed E-state index contributed by atoms with van der Waals surface area (Å²) in [5.74, 6) is 0. The van der Waals surface area contributed by atoms with Crippen molar-refractivity contribution in [3.8, 4) is 0 Å². The van der Waals surface area contributed by atoms with E-state index in [1.54, 1.807) is 6.07 Å². The minimum absolute atomic E-state index is 0.629. The molecule has 0 aliphatic carbocycles. The molecular formula is C12H10Cl2N2. The van der Waals surface area contributed by atoms with Gasteiger partial charge in [0.1, 0.15) is 0 Å². The van der Waals surface area contributed by atoms with Crippen LogP contribution in [0, 0.1) is 0 Å². The average molecular weight is 253 g/mol. The molecule has 0 radical (unpaired) electrons. The lowest BCUT2D eigenvalue weighted by Gasteiger charge is -2.18. The van der Waals surface area contributed by atoms with E-state index in [-0.39, 0.29) is 0 Å². The molecule has 0 spiro atoms. The van der Waals surface area contributed by atoms with Gasteiger partial charge >= 0.3 is 0 Å². The number of hydrazine groups is 1. The minimum Gasteiger partial charge on any atom is -0.282 e. The average Bonchev–Trinajstić information content (AvgIpc) is 2.33. The molecule has 0 aromatic heterocycles. The van der Waals surface area contributed by atoms with E-state index in [0.29, 0.717) is 5.02 Å². The van der Waals surface area contributed by atoms with Gasteiger partial charge in [-0.25, -0.2) is 0 Å². The van der Waals surface area contributed by atoms with E-state index in [1.807, 2.05) is 48.5 Å². The predicted molar refractivity (Wildman–Crippen MR) is 69.8 cm³/mol. The topological polar surface area (TPSA) is 15.3 Å². The second kappa shape index (κ2) is 5.10. The second-order valence-corrected chi connectivity index (χ2v) is 3.95. The van der Waals surface area contributed by atoms with Crippen LogP contribution in [0.2, 0.25) is 5.02 Å². The van der Waals surface area contributed by atoms with E-state index in [2.05, 4.69) is 5.43 Å². The molecule has 2 aromatic carbocycles. The Morgan fingerprint density at radius 1 is 0.875 bits per heavy atom. The van der Waals surface area contributed by atoms with E-state index in [1.165, 1.54) is 4.53 Å². The van der Waals surface area contributed by atoms with Crippen molar-refractivity contribution < 1.29 is 0 Å². The summed E-state index contributed by atoms with van der Waals surface area (Å²) in [6.07, 6.45) is 0. The third-order valence-electron chi connectivity index (χ3n) is 2.08. The van der Waals surface area contributed by atoms with Gasteiger partial charge in [-0.15, -0.1) is 0 Å². The summed E-state index contributed by atoms with van der Waals surface area (Å²) >= 11 is 12.1. The third-order valence-corrected chi connectivity index (χ3v) is 2.68. The molecule has 0 aliphatic rings. The largest absolute Gasteiger partial charge is 0.282 e. The number of halogens is 2. The van der Waals surface area contributed by atoms with Gasteiger partial charge in [0, 0.05) is 11.8 Å². The van der Waals surface area contributed by atoms with Gasteiger partial charge in [0.25, 0.3) is 0 Å². The van der Waals surface area contributed by atoms with E-state index in [4.69, 9.17) is 23.4 Å². The highest BCUT2D eigenvalue weighted by atomic mass is 35.5. The molecule has 0 atom stereocenters. The quantitative estimate of drug-likeness (QED) is 0.647. The van der Waals surface area contributed by atoms with Crippen LogP contribution in [0.5, 0.6) is 0 Å². The normalized spacial score (nSPS) is 9.88. The van der Waals surface area contributed by atoms with Crippen molar-refractivity contribution in [2.75, 3.05) is 9.95 Å². The van der Waals surface area contributed by atoms with Gasteiger partial charge < -0.3 is 0 Å². The zero-order chi connectivity index (χ0) is 11.4. The predicted octanol–water partition coefficient (Wildman–Crippen LogP) is 4.33. The van der Waals surface area contributed by atoms with Gasteiger partial charge in [-0.2, -0.15) is 4.53 Å². The molecule has 4 heteroatoms. The van der Waals surface area contributed by atoms with Crippen LogP contribution < -0.4 is 9.95 Å². The molecule has 0 amide bonds. The fourth-order valence-electron chi connectivity index (χ4n) is 1.28. The standard InChI is InChI=1S/C12H10Cl2N2/c13-11-8-4-5-9-12(11)15-16(14)10-6-2-1-3-7-10/h1-9,15H. The summed E-state index contributed by atoms with van der Waals surface area (Å²) < 4.78 is 1.40. The van der Waals surface area contributed by atoms with Gasteiger partial charge in [-0.1, -0.05) is 41.9 Å². The van der Waals surface area contributed by atoms with Crippen molar-refractivity contribution in [2.24, 2.45) is 0 Å². The molecule has 16 heavy (non-hydrogen) atoms. The van der Waals surface area contributed by atoms with Crippen LogP contribution in [-0.4, -0.2) is 0 Å². The number of para-hydroxylation sites is 2. The lowest BCUT2D eigenvalue weighted by Crippen LogP contribution is -2.18. The molecule has 0 saturated heterocycles. The van der Waals surface area contributed by atoms with Crippen LogP contribution >= 0.6 is 23.4 Å². The van der Waals surface area contributed by atoms with Crippen molar-refractivity contribution in [2.45, 2.75) is 0 Å². The monoisotopic (exact) mass is 252 g/mol. The van der Waals surface area contributed by atoms with E-state index in [0.717, 1.165) is 11.4 Å². The zero-order valence-electron chi connectivity index (χ0n) is 8.40. The molecule has 82 valence electrons. The van der Waals surface area contributed by atoms with Crippen LogP contribution in [0.15, 0.2) is 54.6 Å². The molecular weight excluding hydrogens is 243 g/mol. The minimum atomic E-state index is 0.629. The number of hydrogen-bond donors (Lipinski definition) is 1. The summed E-state index contributed by atoms with van der Waals surface area (Å²) in [6.45, 7) is 0. The van der Waals surface area contributed by atoms with Crippen LogP contribution in [0.3, 0.4) is 0 Å². The van der Waals surface area contributed by atoms with E-state index in [9.17, 15) is 0 Å². The van der Waals surface area contributed by atoms with E-state index >= 15 is 0 Å². The molecule has 0 saturated carbocycles. The van der Waals surface area contributed by atoms with Crippen LogP contribution in [-0.2, 0) is 0 Å². The Labute approximate surface area is 104 Å². The lowest BCUT2D eigenvalue weighted by atomic mass is 10.3. The van der Waals surface area contributed by atoms with Crippen molar-refractivity contribution in [3.05, 3.63) is 59.6 Å². The molecule has 2 aromatic rings. The molecule has 0 heterocycles. The Morgan fingerprint density at radius 3 is 2.19 bits per heavy atom. The Bertz CT molecular complexity index is 460. The molecule has 2 rings (SSSR count). The Morgan fingerprint density at radius 2 is 1.50 bits per heavy atom. The summed E-state index contributed by atoms with van der Waals surface area (Å²) in [6, 6.07) is 17.0. The van der Waals surface area contributed by atoms with Crippen LogP contribution in [0.25, 0.3) is 0 Å². The summed E-state index contributed by atoms with van der Waals surface area (Å²) in [5.41, 5.74) is 4.61. The van der Waals surface area contributed by atoms with Gasteiger partial charge in [0.15, 0.2) is 0 Å². The fraction of sp³-hybridized carbons (Fsp3) is 0. The lowest BCUT2D eigenvalue weighted by molar-refractivity contribution is 1.27. The Hall–Kier alpha value is -1.38. The maximum atomic E-state index is 6.08. The van der Waals surface area contributed by atoms with E-state index < -0.39 is 0 Å². The third kappa shape index (κ3) is 2.60.